The van der Waals surface area contributed by atoms with E-state index < -0.39 is 5.97 Å². The Hall–Kier alpha value is -1.88. The van der Waals surface area contributed by atoms with E-state index in [9.17, 15) is 9.59 Å². The third-order valence-electron chi connectivity index (χ3n) is 3.34. The van der Waals surface area contributed by atoms with Gasteiger partial charge in [-0.2, -0.15) is 0 Å². The van der Waals surface area contributed by atoms with Gasteiger partial charge in [-0.25, -0.2) is 0 Å². The Morgan fingerprint density at radius 2 is 2.05 bits per heavy atom. The van der Waals surface area contributed by atoms with Gasteiger partial charge in [0, 0.05) is 13.1 Å². The molecule has 0 bridgehead atoms. The van der Waals surface area contributed by atoms with Crippen molar-refractivity contribution in [3.8, 4) is 0 Å². The summed E-state index contributed by atoms with van der Waals surface area (Å²) in [7, 11) is 0. The van der Waals surface area contributed by atoms with Crippen molar-refractivity contribution in [3.05, 3.63) is 35.4 Å². The van der Waals surface area contributed by atoms with Gasteiger partial charge in [-0.3, -0.25) is 9.59 Å². The second-order valence-corrected chi connectivity index (χ2v) is 4.75. The fourth-order valence-corrected chi connectivity index (χ4v) is 2.27. The molecule has 1 amide bonds. The van der Waals surface area contributed by atoms with Crippen LogP contribution in [0.4, 0.5) is 0 Å². The number of hydrogen-bond donors (Lipinski definition) is 3. The van der Waals surface area contributed by atoms with Crippen LogP contribution in [0.1, 0.15) is 17.5 Å². The van der Waals surface area contributed by atoms with Crippen molar-refractivity contribution < 1.29 is 14.7 Å². The normalized spacial score (nSPS) is 18.2. The third-order valence-corrected chi connectivity index (χ3v) is 3.34. The Morgan fingerprint density at radius 1 is 1.32 bits per heavy atom. The molecule has 0 saturated carbocycles. The number of hydrogen-bond acceptors (Lipinski definition) is 3. The second kappa shape index (κ2) is 6.33. The molecule has 2 rings (SSSR count). The van der Waals surface area contributed by atoms with E-state index in [0.29, 0.717) is 6.54 Å². The first-order valence-electron chi connectivity index (χ1n) is 6.44. The lowest BCUT2D eigenvalue weighted by Gasteiger charge is -2.12. The molecule has 0 radical (unpaired) electrons. The van der Waals surface area contributed by atoms with E-state index in [-0.39, 0.29) is 18.2 Å². The maximum atomic E-state index is 11.9. The van der Waals surface area contributed by atoms with Gasteiger partial charge in [0.25, 0.3) is 0 Å². The number of nitrogens with one attached hydrogen (secondary N) is 2. The van der Waals surface area contributed by atoms with E-state index >= 15 is 0 Å². The smallest absolute Gasteiger partial charge is 0.307 e. The Balaban J connectivity index is 1.94. The van der Waals surface area contributed by atoms with Crippen molar-refractivity contribution in [2.24, 2.45) is 5.92 Å². The minimum absolute atomic E-state index is 0.0168. The van der Waals surface area contributed by atoms with Crippen LogP contribution in [0.2, 0.25) is 0 Å². The van der Waals surface area contributed by atoms with Crippen LogP contribution in [0.5, 0.6) is 0 Å². The van der Waals surface area contributed by atoms with Gasteiger partial charge in [-0.1, -0.05) is 24.3 Å². The lowest BCUT2D eigenvalue weighted by Crippen LogP contribution is -2.31. The number of carboxylic acids is 1. The molecule has 1 aromatic rings. The molecule has 1 aliphatic rings. The topological polar surface area (TPSA) is 78.4 Å². The van der Waals surface area contributed by atoms with Gasteiger partial charge >= 0.3 is 5.97 Å². The van der Waals surface area contributed by atoms with Crippen molar-refractivity contribution in [2.45, 2.75) is 19.4 Å². The zero-order valence-electron chi connectivity index (χ0n) is 10.7. The molecular formula is C14H18N2O3. The Morgan fingerprint density at radius 3 is 2.68 bits per heavy atom. The van der Waals surface area contributed by atoms with Crippen molar-refractivity contribution in [1.29, 1.82) is 0 Å². The monoisotopic (exact) mass is 262 g/mol. The van der Waals surface area contributed by atoms with Crippen molar-refractivity contribution in [3.63, 3.8) is 0 Å². The highest BCUT2D eigenvalue weighted by Gasteiger charge is 2.22. The SMILES string of the molecule is O=C(O)Cc1ccccc1CNC(=O)C1CCNC1. The summed E-state index contributed by atoms with van der Waals surface area (Å²) in [5.41, 5.74) is 1.61. The molecule has 1 aromatic carbocycles. The summed E-state index contributed by atoms with van der Waals surface area (Å²) in [6.45, 7) is 2.00. The fraction of sp³-hybridized carbons (Fsp3) is 0.429. The van der Waals surface area contributed by atoms with Crippen molar-refractivity contribution in [2.75, 3.05) is 13.1 Å². The van der Waals surface area contributed by atoms with Gasteiger partial charge in [-0.05, 0) is 24.1 Å². The van der Waals surface area contributed by atoms with Crippen molar-refractivity contribution in [1.82, 2.24) is 10.6 Å². The van der Waals surface area contributed by atoms with Crippen LogP contribution in [0.3, 0.4) is 0 Å². The highest BCUT2D eigenvalue weighted by Crippen LogP contribution is 2.11. The standard InChI is InChI=1S/C14H18N2O3/c17-13(18)7-10-3-1-2-4-11(10)9-16-14(19)12-5-6-15-8-12/h1-4,12,15H,5-9H2,(H,16,19)(H,17,18). The molecule has 1 unspecified atom stereocenters. The van der Waals surface area contributed by atoms with Crippen LogP contribution in [-0.2, 0) is 22.6 Å². The van der Waals surface area contributed by atoms with E-state index in [0.717, 1.165) is 30.6 Å². The van der Waals surface area contributed by atoms with E-state index in [1.807, 2.05) is 18.2 Å². The predicted octanol–water partition coefficient (Wildman–Crippen LogP) is 0.539. The van der Waals surface area contributed by atoms with Crippen LogP contribution < -0.4 is 10.6 Å². The van der Waals surface area contributed by atoms with Crippen LogP contribution in [-0.4, -0.2) is 30.1 Å². The zero-order chi connectivity index (χ0) is 13.7. The third kappa shape index (κ3) is 3.79. The number of carboxylic acid groups (broad SMARTS) is 1. The average molecular weight is 262 g/mol. The molecule has 19 heavy (non-hydrogen) atoms. The molecule has 0 aromatic heterocycles. The minimum Gasteiger partial charge on any atom is -0.481 e. The second-order valence-electron chi connectivity index (χ2n) is 4.75. The lowest BCUT2D eigenvalue weighted by molar-refractivity contribution is -0.136. The highest BCUT2D eigenvalue weighted by molar-refractivity contribution is 5.79. The van der Waals surface area contributed by atoms with Gasteiger partial charge in [0.05, 0.1) is 12.3 Å². The summed E-state index contributed by atoms with van der Waals surface area (Å²) in [6, 6.07) is 7.30. The van der Waals surface area contributed by atoms with E-state index in [1.54, 1.807) is 6.07 Å². The molecule has 1 heterocycles. The Labute approximate surface area is 112 Å². The van der Waals surface area contributed by atoms with E-state index in [2.05, 4.69) is 10.6 Å². The minimum atomic E-state index is -0.862. The number of carbonyl (C=O) groups excluding carboxylic acids is 1. The quantitative estimate of drug-likeness (QED) is 0.723. The first-order valence-corrected chi connectivity index (χ1v) is 6.44. The molecule has 0 aliphatic carbocycles. The molecule has 102 valence electrons. The van der Waals surface area contributed by atoms with E-state index in [4.69, 9.17) is 5.11 Å². The zero-order valence-corrected chi connectivity index (χ0v) is 10.7. The number of aliphatic carboxylic acids is 1. The summed E-state index contributed by atoms with van der Waals surface area (Å²) in [5, 5.41) is 14.9. The number of amides is 1. The first kappa shape index (κ1) is 13.5. The lowest BCUT2D eigenvalue weighted by atomic mass is 10.0. The average Bonchev–Trinajstić information content (AvgIpc) is 2.90. The Bertz CT molecular complexity index is 468. The maximum Gasteiger partial charge on any atom is 0.307 e. The van der Waals surface area contributed by atoms with Gasteiger partial charge in [0.1, 0.15) is 0 Å². The summed E-state index contributed by atoms with van der Waals surface area (Å²) >= 11 is 0. The molecule has 1 fully saturated rings. The molecule has 1 aliphatic heterocycles. The summed E-state index contributed by atoms with van der Waals surface area (Å²) < 4.78 is 0. The van der Waals surface area contributed by atoms with Gasteiger partial charge in [-0.15, -0.1) is 0 Å². The van der Waals surface area contributed by atoms with Crippen LogP contribution >= 0.6 is 0 Å². The summed E-state index contributed by atoms with van der Waals surface area (Å²) in [5.74, 6) is -0.791. The predicted molar refractivity (Wildman–Crippen MR) is 70.6 cm³/mol. The number of benzene rings is 1. The number of carbonyl (C=O) groups is 2. The molecule has 3 N–H and O–H groups in total. The fourth-order valence-electron chi connectivity index (χ4n) is 2.27. The molecule has 1 saturated heterocycles. The molecule has 1 atom stereocenters. The van der Waals surface area contributed by atoms with Gasteiger partial charge in [0.15, 0.2) is 0 Å². The first-order chi connectivity index (χ1) is 9.16. The van der Waals surface area contributed by atoms with Crippen LogP contribution in [0.15, 0.2) is 24.3 Å². The largest absolute Gasteiger partial charge is 0.481 e. The highest BCUT2D eigenvalue weighted by atomic mass is 16.4. The van der Waals surface area contributed by atoms with Gasteiger partial charge < -0.3 is 15.7 Å². The summed E-state index contributed by atoms with van der Waals surface area (Å²) in [4.78, 5) is 22.7. The molecular weight excluding hydrogens is 244 g/mol. The maximum absolute atomic E-state index is 11.9. The molecule has 5 heteroatoms. The number of rotatable bonds is 5. The van der Waals surface area contributed by atoms with Crippen LogP contribution in [0.25, 0.3) is 0 Å². The van der Waals surface area contributed by atoms with Gasteiger partial charge in [0.2, 0.25) is 5.91 Å². The van der Waals surface area contributed by atoms with E-state index in [1.165, 1.54) is 0 Å². The molecule has 5 nitrogen and oxygen atoms in total. The van der Waals surface area contributed by atoms with Crippen LogP contribution in [0, 0.1) is 5.92 Å². The molecule has 0 spiro atoms. The summed E-state index contributed by atoms with van der Waals surface area (Å²) in [6.07, 6.45) is 0.847. The van der Waals surface area contributed by atoms with Crippen molar-refractivity contribution >= 4 is 11.9 Å². The Kier molecular flexibility index (Phi) is 4.52.